The molecule has 0 aliphatic carbocycles. The summed E-state index contributed by atoms with van der Waals surface area (Å²) in [7, 11) is -0.750. The van der Waals surface area contributed by atoms with E-state index >= 15 is 0 Å². The summed E-state index contributed by atoms with van der Waals surface area (Å²) < 4.78 is 11.2. The highest BCUT2D eigenvalue weighted by Gasteiger charge is 2.21. The van der Waals surface area contributed by atoms with Crippen LogP contribution in [0.15, 0.2) is 18.2 Å². The van der Waals surface area contributed by atoms with Crippen molar-refractivity contribution in [2.45, 2.75) is 18.9 Å². The predicted molar refractivity (Wildman–Crippen MR) is 71.5 cm³/mol. The molecule has 0 unspecified atom stereocenters. The third-order valence-electron chi connectivity index (χ3n) is 2.93. The number of phenolic OH excluding ortho intramolecular Hbond substituents is 1. The second-order valence-electron chi connectivity index (χ2n) is 4.26. The number of phenols is 1. The zero-order valence-electron chi connectivity index (χ0n) is 9.69. The Hall–Kier alpha value is -1.07. The first-order valence-electron chi connectivity index (χ1n) is 5.70. The Labute approximate surface area is 113 Å². The van der Waals surface area contributed by atoms with Gasteiger partial charge in [0.25, 0.3) is 5.91 Å². The number of aromatic hydroxyl groups is 1. The van der Waals surface area contributed by atoms with E-state index in [-0.39, 0.29) is 23.3 Å². The van der Waals surface area contributed by atoms with Crippen LogP contribution in [0.4, 0.5) is 0 Å². The molecule has 0 aromatic heterocycles. The smallest absolute Gasteiger partial charge is 0.255 e. The molecule has 0 atom stereocenters. The molecule has 0 saturated carbocycles. The molecule has 6 heteroatoms. The standard InChI is InChI=1S/C12H14ClNO3S/c13-8-1-2-11(15)10(7-8)12(16)14-9-3-5-18(17)6-4-9/h1-2,7,9,15H,3-6H2,(H,14,16). The molecule has 2 rings (SSSR count). The van der Waals surface area contributed by atoms with Gasteiger partial charge in [0.05, 0.1) is 5.56 Å². The van der Waals surface area contributed by atoms with Crippen molar-refractivity contribution in [1.82, 2.24) is 5.32 Å². The van der Waals surface area contributed by atoms with Gasteiger partial charge in [0.15, 0.2) is 0 Å². The van der Waals surface area contributed by atoms with E-state index in [0.29, 0.717) is 29.4 Å². The van der Waals surface area contributed by atoms with Crippen molar-refractivity contribution in [2.75, 3.05) is 11.5 Å². The first-order chi connectivity index (χ1) is 8.56. The minimum absolute atomic E-state index is 0.0218. The predicted octanol–water partition coefficient (Wildman–Crippen LogP) is 1.69. The Morgan fingerprint density at radius 2 is 2.06 bits per heavy atom. The minimum atomic E-state index is -0.750. The molecule has 1 aromatic rings. The number of halogens is 1. The van der Waals surface area contributed by atoms with Crippen molar-refractivity contribution in [1.29, 1.82) is 0 Å². The first kappa shape index (κ1) is 13.4. The van der Waals surface area contributed by atoms with Gasteiger partial charge in [0.2, 0.25) is 0 Å². The number of rotatable bonds is 2. The molecule has 0 bridgehead atoms. The molecule has 4 nitrogen and oxygen atoms in total. The van der Waals surface area contributed by atoms with Crippen molar-refractivity contribution < 1.29 is 14.1 Å². The summed E-state index contributed by atoms with van der Waals surface area (Å²) in [4.78, 5) is 12.0. The Bertz CT molecular complexity index is 482. The highest BCUT2D eigenvalue weighted by atomic mass is 35.5. The van der Waals surface area contributed by atoms with Gasteiger partial charge in [-0.05, 0) is 31.0 Å². The second-order valence-corrected chi connectivity index (χ2v) is 6.39. The first-order valence-corrected chi connectivity index (χ1v) is 7.57. The Morgan fingerprint density at radius 3 is 2.72 bits per heavy atom. The van der Waals surface area contributed by atoms with Crippen molar-refractivity contribution in [3.63, 3.8) is 0 Å². The maximum Gasteiger partial charge on any atom is 0.255 e. The quantitative estimate of drug-likeness (QED) is 0.870. The van der Waals surface area contributed by atoms with Gasteiger partial charge < -0.3 is 10.4 Å². The number of carbonyl (C=O) groups excluding carboxylic acids is 1. The molecule has 1 aromatic carbocycles. The van der Waals surface area contributed by atoms with Gasteiger partial charge in [-0.25, -0.2) is 0 Å². The minimum Gasteiger partial charge on any atom is -0.507 e. The molecule has 18 heavy (non-hydrogen) atoms. The maximum atomic E-state index is 12.0. The van der Waals surface area contributed by atoms with Crippen LogP contribution in [0.3, 0.4) is 0 Å². The molecule has 1 aliphatic rings. The Balaban J connectivity index is 2.03. The van der Waals surface area contributed by atoms with E-state index in [9.17, 15) is 14.1 Å². The van der Waals surface area contributed by atoms with Crippen molar-refractivity contribution >= 4 is 28.3 Å². The number of hydrogen-bond acceptors (Lipinski definition) is 3. The van der Waals surface area contributed by atoms with E-state index in [1.54, 1.807) is 0 Å². The molecule has 2 N–H and O–H groups in total. The average molecular weight is 288 g/mol. The van der Waals surface area contributed by atoms with Gasteiger partial charge in [-0.15, -0.1) is 0 Å². The highest BCUT2D eigenvalue weighted by Crippen LogP contribution is 2.22. The van der Waals surface area contributed by atoms with E-state index in [2.05, 4.69) is 5.32 Å². The number of benzene rings is 1. The number of carbonyl (C=O) groups is 1. The summed E-state index contributed by atoms with van der Waals surface area (Å²) in [5.74, 6) is 0.808. The molecule has 1 aliphatic heterocycles. The number of nitrogens with one attached hydrogen (secondary N) is 1. The fourth-order valence-electron chi connectivity index (χ4n) is 1.89. The fraction of sp³-hybridized carbons (Fsp3) is 0.417. The van der Waals surface area contributed by atoms with Gasteiger partial charge in [0.1, 0.15) is 5.75 Å². The molecule has 1 saturated heterocycles. The maximum absolute atomic E-state index is 12.0. The summed E-state index contributed by atoms with van der Waals surface area (Å²) in [5.41, 5.74) is 0.175. The van der Waals surface area contributed by atoms with Crippen LogP contribution < -0.4 is 5.32 Å². The van der Waals surface area contributed by atoms with Crippen LogP contribution in [0.25, 0.3) is 0 Å². The normalized spacial score (nSPS) is 23.6. The molecule has 1 heterocycles. The van der Waals surface area contributed by atoms with Gasteiger partial charge in [-0.1, -0.05) is 11.6 Å². The zero-order valence-corrected chi connectivity index (χ0v) is 11.3. The van der Waals surface area contributed by atoms with E-state index < -0.39 is 10.8 Å². The third-order valence-corrected chi connectivity index (χ3v) is 4.54. The summed E-state index contributed by atoms with van der Waals surface area (Å²) in [6.45, 7) is 0. The zero-order chi connectivity index (χ0) is 13.1. The van der Waals surface area contributed by atoms with E-state index in [4.69, 9.17) is 11.6 Å². The molecule has 98 valence electrons. The summed E-state index contributed by atoms with van der Waals surface area (Å²) in [6, 6.07) is 4.38. The lowest BCUT2D eigenvalue weighted by molar-refractivity contribution is 0.0932. The number of hydrogen-bond donors (Lipinski definition) is 2. The van der Waals surface area contributed by atoms with Gasteiger partial charge in [-0.3, -0.25) is 9.00 Å². The molecular formula is C12H14ClNO3S. The Kier molecular flexibility index (Phi) is 4.24. The third kappa shape index (κ3) is 3.23. The highest BCUT2D eigenvalue weighted by molar-refractivity contribution is 7.85. The summed E-state index contributed by atoms with van der Waals surface area (Å²) in [5, 5.41) is 12.8. The topological polar surface area (TPSA) is 66.4 Å². The second kappa shape index (κ2) is 5.71. The lowest BCUT2D eigenvalue weighted by Crippen LogP contribution is -2.39. The van der Waals surface area contributed by atoms with Gasteiger partial charge in [0, 0.05) is 33.4 Å². The van der Waals surface area contributed by atoms with Crippen LogP contribution >= 0.6 is 11.6 Å². The monoisotopic (exact) mass is 287 g/mol. The summed E-state index contributed by atoms with van der Waals surface area (Å²) in [6.07, 6.45) is 1.42. The van der Waals surface area contributed by atoms with E-state index in [1.165, 1.54) is 18.2 Å². The van der Waals surface area contributed by atoms with E-state index in [0.717, 1.165) is 0 Å². The van der Waals surface area contributed by atoms with Crippen LogP contribution in [0, 0.1) is 0 Å². The fourth-order valence-corrected chi connectivity index (χ4v) is 3.36. The van der Waals surface area contributed by atoms with Crippen LogP contribution in [0.1, 0.15) is 23.2 Å². The van der Waals surface area contributed by atoms with Gasteiger partial charge >= 0.3 is 0 Å². The summed E-state index contributed by atoms with van der Waals surface area (Å²) >= 11 is 5.79. The largest absolute Gasteiger partial charge is 0.507 e. The SMILES string of the molecule is O=C(NC1CCS(=O)CC1)c1cc(Cl)ccc1O. The van der Waals surface area contributed by atoms with Crippen LogP contribution in [-0.2, 0) is 10.8 Å². The molecule has 0 spiro atoms. The van der Waals surface area contributed by atoms with Crippen molar-refractivity contribution in [3.8, 4) is 5.75 Å². The molecule has 1 fully saturated rings. The Morgan fingerprint density at radius 1 is 1.39 bits per heavy atom. The molecular weight excluding hydrogens is 274 g/mol. The van der Waals surface area contributed by atoms with E-state index in [1.807, 2.05) is 0 Å². The van der Waals surface area contributed by atoms with Crippen LogP contribution in [-0.4, -0.2) is 32.8 Å². The average Bonchev–Trinajstić information content (AvgIpc) is 2.35. The molecule has 0 radical (unpaired) electrons. The lowest BCUT2D eigenvalue weighted by atomic mass is 10.1. The molecule has 1 amide bonds. The van der Waals surface area contributed by atoms with Gasteiger partial charge in [-0.2, -0.15) is 0 Å². The lowest BCUT2D eigenvalue weighted by Gasteiger charge is -2.22. The number of amides is 1. The van der Waals surface area contributed by atoms with Crippen molar-refractivity contribution in [2.24, 2.45) is 0 Å². The van der Waals surface area contributed by atoms with Crippen LogP contribution in [0.5, 0.6) is 5.75 Å². The van der Waals surface area contributed by atoms with Crippen molar-refractivity contribution in [3.05, 3.63) is 28.8 Å². The van der Waals surface area contributed by atoms with Crippen LogP contribution in [0.2, 0.25) is 5.02 Å².